The highest BCUT2D eigenvalue weighted by Gasteiger charge is 2.23. The topological polar surface area (TPSA) is 18.5 Å². The molecule has 27 heavy (non-hydrogen) atoms. The summed E-state index contributed by atoms with van der Waals surface area (Å²) in [5.41, 5.74) is 9.85. The lowest BCUT2D eigenvalue weighted by Gasteiger charge is -2.25. The predicted molar refractivity (Wildman–Crippen MR) is 116 cm³/mol. The number of rotatable bonds is 7. The highest BCUT2D eigenvalue weighted by Crippen LogP contribution is 2.40. The van der Waals surface area contributed by atoms with Gasteiger partial charge in [0.15, 0.2) is 0 Å². The summed E-state index contributed by atoms with van der Waals surface area (Å²) >= 11 is 6.53. The molecule has 0 atom stereocenters. The van der Waals surface area contributed by atoms with E-state index in [2.05, 4.69) is 53.7 Å². The van der Waals surface area contributed by atoms with Crippen LogP contribution in [0.3, 0.4) is 0 Å². The van der Waals surface area contributed by atoms with Crippen molar-refractivity contribution >= 4 is 11.6 Å². The van der Waals surface area contributed by atoms with Crippen molar-refractivity contribution in [3.05, 3.63) is 56.6 Å². The molecule has 0 unspecified atom stereocenters. The van der Waals surface area contributed by atoms with Crippen molar-refractivity contribution in [1.29, 1.82) is 0 Å². The Labute approximate surface area is 169 Å². The van der Waals surface area contributed by atoms with Gasteiger partial charge in [-0.15, -0.1) is 11.6 Å². The molecule has 2 nitrogen and oxygen atoms in total. The van der Waals surface area contributed by atoms with Crippen LogP contribution in [0, 0.1) is 41.5 Å². The van der Waals surface area contributed by atoms with Gasteiger partial charge in [0.05, 0.1) is 13.2 Å². The second-order valence-corrected chi connectivity index (χ2v) is 7.61. The van der Waals surface area contributed by atoms with E-state index in [1.54, 1.807) is 0 Å². The van der Waals surface area contributed by atoms with Gasteiger partial charge < -0.3 is 9.47 Å². The summed E-state index contributed by atoms with van der Waals surface area (Å²) < 4.78 is 11.8. The van der Waals surface area contributed by atoms with Gasteiger partial charge in [0.2, 0.25) is 0 Å². The van der Waals surface area contributed by atoms with Crippen molar-refractivity contribution in [1.82, 2.24) is 0 Å². The van der Waals surface area contributed by atoms with Crippen LogP contribution in [0.1, 0.15) is 64.3 Å². The summed E-state index contributed by atoms with van der Waals surface area (Å²) in [6, 6.07) is 4.50. The predicted octanol–water partition coefficient (Wildman–Crippen LogP) is 6.71. The van der Waals surface area contributed by atoms with Crippen LogP contribution >= 0.6 is 11.6 Å². The Bertz CT molecular complexity index is 757. The first kappa shape index (κ1) is 21.6. The maximum absolute atomic E-state index is 6.53. The zero-order valence-corrected chi connectivity index (χ0v) is 18.8. The zero-order valence-electron chi connectivity index (χ0n) is 18.0. The second kappa shape index (κ2) is 9.01. The quantitative estimate of drug-likeness (QED) is 0.491. The van der Waals surface area contributed by atoms with Crippen molar-refractivity contribution in [2.45, 2.75) is 61.3 Å². The highest BCUT2D eigenvalue weighted by atomic mass is 35.5. The van der Waals surface area contributed by atoms with E-state index in [1.165, 1.54) is 44.5 Å². The summed E-state index contributed by atoms with van der Waals surface area (Å²) in [5.74, 6) is 2.69. The van der Waals surface area contributed by atoms with E-state index in [4.69, 9.17) is 21.1 Å². The Morgan fingerprint density at radius 1 is 0.704 bits per heavy atom. The van der Waals surface area contributed by atoms with Crippen LogP contribution in [0.5, 0.6) is 11.5 Å². The molecule has 148 valence electrons. The lowest BCUT2D eigenvalue weighted by molar-refractivity contribution is 0.335. The van der Waals surface area contributed by atoms with Gasteiger partial charge in [0.1, 0.15) is 11.5 Å². The monoisotopic (exact) mass is 388 g/mol. The highest BCUT2D eigenvalue weighted by molar-refractivity contribution is 6.18. The van der Waals surface area contributed by atoms with E-state index in [-0.39, 0.29) is 5.92 Å². The van der Waals surface area contributed by atoms with Gasteiger partial charge in [-0.1, -0.05) is 12.1 Å². The van der Waals surface area contributed by atoms with E-state index in [1.807, 2.05) is 13.8 Å². The number of alkyl halides is 1. The minimum Gasteiger partial charge on any atom is -0.493 e. The van der Waals surface area contributed by atoms with E-state index in [9.17, 15) is 0 Å². The van der Waals surface area contributed by atoms with E-state index >= 15 is 0 Å². The normalized spacial score (nSPS) is 11.2. The van der Waals surface area contributed by atoms with Crippen LogP contribution in [0.15, 0.2) is 12.1 Å². The molecule has 0 fully saturated rings. The summed E-state index contributed by atoms with van der Waals surface area (Å²) in [5, 5.41) is 0. The third-order valence-corrected chi connectivity index (χ3v) is 5.92. The van der Waals surface area contributed by atoms with Crippen LogP contribution in [0.4, 0.5) is 0 Å². The Hall–Kier alpha value is -1.67. The smallest absolute Gasteiger partial charge is 0.125 e. The maximum atomic E-state index is 6.53. The van der Waals surface area contributed by atoms with Crippen LogP contribution in [0.2, 0.25) is 0 Å². The average molecular weight is 389 g/mol. The summed E-state index contributed by atoms with van der Waals surface area (Å²) in [6.45, 7) is 18.3. The Kier molecular flexibility index (Phi) is 7.22. The fourth-order valence-electron chi connectivity index (χ4n) is 3.97. The number of ether oxygens (including phenoxy) is 2. The lowest BCUT2D eigenvalue weighted by Crippen LogP contribution is -2.11. The molecule has 0 saturated heterocycles. The van der Waals surface area contributed by atoms with Crippen molar-refractivity contribution in [2.24, 2.45) is 0 Å². The molecule has 2 aromatic rings. The minimum absolute atomic E-state index is 0.146. The van der Waals surface area contributed by atoms with Gasteiger partial charge >= 0.3 is 0 Å². The molecule has 2 rings (SSSR count). The van der Waals surface area contributed by atoms with Gasteiger partial charge in [-0.05, 0) is 99.9 Å². The van der Waals surface area contributed by atoms with Crippen LogP contribution in [0.25, 0.3) is 0 Å². The minimum atomic E-state index is 0.146. The number of halogens is 1. The van der Waals surface area contributed by atoms with Gasteiger partial charge in [-0.25, -0.2) is 0 Å². The molecular formula is C24H33ClO2. The van der Waals surface area contributed by atoms with Gasteiger partial charge in [0.25, 0.3) is 0 Å². The maximum Gasteiger partial charge on any atom is 0.125 e. The Morgan fingerprint density at radius 3 is 1.37 bits per heavy atom. The molecule has 0 amide bonds. The first-order valence-corrected chi connectivity index (χ1v) is 10.3. The largest absolute Gasteiger partial charge is 0.493 e. The SMILES string of the molecule is CCOc1c(C)cc(C(CCl)c2cc(C)c(OCC)c(C)c2C)c(C)c1C. The average Bonchev–Trinajstić information content (AvgIpc) is 2.64. The van der Waals surface area contributed by atoms with Crippen LogP contribution < -0.4 is 9.47 Å². The summed E-state index contributed by atoms with van der Waals surface area (Å²) in [6.07, 6.45) is 0. The van der Waals surface area contributed by atoms with Gasteiger partial charge in [-0.3, -0.25) is 0 Å². The Morgan fingerprint density at radius 2 is 1.07 bits per heavy atom. The van der Waals surface area contributed by atoms with Gasteiger partial charge in [0, 0.05) is 11.8 Å². The summed E-state index contributed by atoms with van der Waals surface area (Å²) in [4.78, 5) is 0. The molecule has 0 aliphatic heterocycles. The van der Waals surface area contributed by atoms with Gasteiger partial charge in [-0.2, -0.15) is 0 Å². The number of benzene rings is 2. The molecule has 0 bridgehead atoms. The lowest BCUT2D eigenvalue weighted by atomic mass is 9.83. The first-order valence-electron chi connectivity index (χ1n) is 9.81. The molecule has 0 N–H and O–H groups in total. The fourth-order valence-corrected chi connectivity index (χ4v) is 4.30. The molecule has 0 heterocycles. The standard InChI is InChI=1S/C24H33ClO2/c1-9-26-23-14(3)11-20(16(5)18(23)7)22(13-25)21-12-15(4)24(27-10-2)19(8)17(21)6/h11-12,22H,9-10,13H2,1-8H3. The third-order valence-electron chi connectivity index (χ3n) is 5.62. The molecule has 0 saturated carbocycles. The van der Waals surface area contributed by atoms with E-state index < -0.39 is 0 Å². The number of aryl methyl sites for hydroxylation is 2. The molecule has 0 spiro atoms. The van der Waals surface area contributed by atoms with Crippen LogP contribution in [-0.4, -0.2) is 19.1 Å². The molecular weight excluding hydrogens is 356 g/mol. The number of hydrogen-bond donors (Lipinski definition) is 0. The van der Waals surface area contributed by atoms with Crippen molar-refractivity contribution < 1.29 is 9.47 Å². The molecule has 0 aliphatic rings. The molecule has 0 radical (unpaired) electrons. The van der Waals surface area contributed by atoms with Crippen molar-refractivity contribution in [2.75, 3.05) is 19.1 Å². The summed E-state index contributed by atoms with van der Waals surface area (Å²) in [7, 11) is 0. The molecule has 0 aromatic heterocycles. The second-order valence-electron chi connectivity index (χ2n) is 7.30. The Balaban J connectivity index is 2.65. The molecule has 0 aliphatic carbocycles. The van der Waals surface area contributed by atoms with Crippen molar-refractivity contribution in [3.63, 3.8) is 0 Å². The molecule has 3 heteroatoms. The van der Waals surface area contributed by atoms with E-state index in [0.29, 0.717) is 19.1 Å². The van der Waals surface area contributed by atoms with E-state index in [0.717, 1.165) is 11.5 Å². The zero-order chi connectivity index (χ0) is 20.3. The molecule has 2 aromatic carbocycles. The third kappa shape index (κ3) is 4.11. The fraction of sp³-hybridized carbons (Fsp3) is 0.500. The first-order chi connectivity index (χ1) is 12.8. The van der Waals surface area contributed by atoms with Crippen LogP contribution in [-0.2, 0) is 0 Å². The number of hydrogen-bond acceptors (Lipinski definition) is 2. The van der Waals surface area contributed by atoms with Crippen molar-refractivity contribution in [3.8, 4) is 11.5 Å².